The van der Waals surface area contributed by atoms with Gasteiger partial charge in [0.2, 0.25) is 5.91 Å². The summed E-state index contributed by atoms with van der Waals surface area (Å²) in [5.74, 6) is 0.238. The van der Waals surface area contributed by atoms with Crippen molar-refractivity contribution in [3.8, 4) is 0 Å². The number of nitrogens with zero attached hydrogens (tertiary/aromatic N) is 3. The first-order chi connectivity index (χ1) is 17.8. The number of piperidine rings is 3. The number of carbonyl (C=O) groups is 1. The third-order valence-corrected chi connectivity index (χ3v) is 9.76. The van der Waals surface area contributed by atoms with Crippen LogP contribution in [0.25, 0.3) is 10.2 Å². The fourth-order valence-corrected chi connectivity index (χ4v) is 7.84. The highest BCUT2D eigenvalue weighted by Gasteiger charge is 2.50. The van der Waals surface area contributed by atoms with Crippen molar-refractivity contribution in [2.45, 2.75) is 63.0 Å². The molecule has 1 spiro atoms. The van der Waals surface area contributed by atoms with E-state index in [9.17, 15) is 31.1 Å². The van der Waals surface area contributed by atoms with Crippen molar-refractivity contribution in [3.05, 3.63) is 34.9 Å². The summed E-state index contributed by atoms with van der Waals surface area (Å²) in [7, 11) is 0. The van der Waals surface area contributed by atoms with Crippen molar-refractivity contribution in [2.24, 2.45) is 11.3 Å². The first kappa shape index (κ1) is 25.9. The molecular formula is C26H28F6N4OS. The van der Waals surface area contributed by atoms with Gasteiger partial charge in [0.05, 0.1) is 23.7 Å². The van der Waals surface area contributed by atoms with Crippen molar-refractivity contribution < 1.29 is 31.1 Å². The third kappa shape index (κ3) is 4.57. The van der Waals surface area contributed by atoms with Crippen LogP contribution in [0.2, 0.25) is 0 Å². The fourth-order valence-electron chi connectivity index (χ4n) is 6.81. The number of pyridine rings is 1. The number of hydrogen-bond donors (Lipinski definition) is 1. The molecule has 206 valence electrons. The first-order valence-electron chi connectivity index (χ1n) is 12.8. The number of anilines is 1. The minimum Gasteiger partial charge on any atom is -0.369 e. The number of nitrogens with one attached hydrogen (secondary N) is 1. The molecule has 2 aromatic heterocycles. The Morgan fingerprint density at radius 1 is 1.16 bits per heavy atom. The molecule has 4 saturated heterocycles. The van der Waals surface area contributed by atoms with E-state index in [0.717, 1.165) is 42.4 Å². The maximum atomic E-state index is 13.9. The number of halogens is 6. The average molecular weight is 559 g/mol. The summed E-state index contributed by atoms with van der Waals surface area (Å²) < 4.78 is 80.6. The summed E-state index contributed by atoms with van der Waals surface area (Å²) in [4.78, 5) is 20.7. The van der Waals surface area contributed by atoms with E-state index in [1.165, 1.54) is 6.07 Å². The van der Waals surface area contributed by atoms with Gasteiger partial charge in [-0.2, -0.15) is 26.3 Å². The fraction of sp³-hybridized carbons (Fsp3) is 0.615. The van der Waals surface area contributed by atoms with Gasteiger partial charge in [-0.1, -0.05) is 12.2 Å². The van der Waals surface area contributed by atoms with Crippen LogP contribution in [0.3, 0.4) is 0 Å². The largest absolute Gasteiger partial charge is 0.419 e. The van der Waals surface area contributed by atoms with Gasteiger partial charge in [0, 0.05) is 60.0 Å². The number of alkyl halides is 6. The van der Waals surface area contributed by atoms with Crippen LogP contribution in [0.1, 0.15) is 42.5 Å². The zero-order valence-corrected chi connectivity index (χ0v) is 21.4. The molecule has 2 aromatic rings. The first-order valence-corrected chi connectivity index (χ1v) is 13.7. The van der Waals surface area contributed by atoms with E-state index < -0.39 is 24.3 Å². The van der Waals surface area contributed by atoms with Gasteiger partial charge in [-0.05, 0) is 38.2 Å². The van der Waals surface area contributed by atoms with Crippen LogP contribution >= 0.6 is 11.3 Å². The third-order valence-electron chi connectivity index (χ3n) is 8.71. The molecule has 2 bridgehead atoms. The Balaban J connectivity index is 1.17. The highest BCUT2D eigenvalue weighted by Crippen LogP contribution is 2.50. The maximum Gasteiger partial charge on any atom is 0.419 e. The summed E-state index contributed by atoms with van der Waals surface area (Å²) >= 11 is 0.777. The Kier molecular flexibility index (Phi) is 6.03. The van der Waals surface area contributed by atoms with E-state index in [-0.39, 0.29) is 44.1 Å². The number of amides is 1. The normalized spacial score (nSPS) is 27.3. The predicted octanol–water partition coefficient (Wildman–Crippen LogP) is 5.55. The second-order valence-electron chi connectivity index (χ2n) is 11.3. The quantitative estimate of drug-likeness (QED) is 0.397. The highest BCUT2D eigenvalue weighted by atomic mass is 32.1. The molecule has 0 radical (unpaired) electrons. The van der Waals surface area contributed by atoms with Crippen molar-refractivity contribution in [1.29, 1.82) is 0 Å². The van der Waals surface area contributed by atoms with Crippen LogP contribution in [-0.2, 0) is 17.4 Å². The smallest absolute Gasteiger partial charge is 0.369 e. The molecule has 7 rings (SSSR count). The summed E-state index contributed by atoms with van der Waals surface area (Å²) in [5.41, 5.74) is -0.0972. The van der Waals surface area contributed by atoms with Crippen molar-refractivity contribution in [1.82, 2.24) is 15.2 Å². The lowest BCUT2D eigenvalue weighted by atomic mass is 9.70. The zero-order valence-electron chi connectivity index (χ0n) is 20.6. The van der Waals surface area contributed by atoms with E-state index in [2.05, 4.69) is 16.9 Å². The van der Waals surface area contributed by atoms with E-state index in [0.29, 0.717) is 45.1 Å². The molecule has 1 amide bonds. The molecule has 1 aliphatic carbocycles. The molecule has 1 saturated carbocycles. The Morgan fingerprint density at radius 2 is 1.87 bits per heavy atom. The Hall–Kier alpha value is -2.34. The van der Waals surface area contributed by atoms with Crippen LogP contribution in [0, 0.1) is 11.3 Å². The minimum absolute atomic E-state index is 0.0599. The molecule has 2 unspecified atom stereocenters. The molecule has 38 heavy (non-hydrogen) atoms. The number of hydrogen-bond acceptors (Lipinski definition) is 5. The molecular weight excluding hydrogens is 530 g/mol. The van der Waals surface area contributed by atoms with Crippen LogP contribution in [0.5, 0.6) is 0 Å². The topological polar surface area (TPSA) is 48.5 Å². The highest BCUT2D eigenvalue weighted by molar-refractivity contribution is 7.18. The molecule has 3 atom stereocenters. The number of rotatable bonds is 3. The van der Waals surface area contributed by atoms with Crippen LogP contribution in [0.15, 0.2) is 24.4 Å². The Morgan fingerprint density at radius 3 is 2.47 bits per heavy atom. The van der Waals surface area contributed by atoms with E-state index in [4.69, 9.17) is 0 Å². The minimum atomic E-state index is -4.68. The number of fused-ring (bicyclic) bond motifs is 4. The lowest BCUT2D eigenvalue weighted by Gasteiger charge is -2.56. The average Bonchev–Trinajstić information content (AvgIpc) is 3.22. The maximum absolute atomic E-state index is 13.9. The van der Waals surface area contributed by atoms with Gasteiger partial charge in [0.1, 0.15) is 4.83 Å². The van der Waals surface area contributed by atoms with E-state index >= 15 is 0 Å². The van der Waals surface area contributed by atoms with Crippen molar-refractivity contribution >= 4 is 33.1 Å². The summed E-state index contributed by atoms with van der Waals surface area (Å²) in [5, 5.41) is 3.58. The van der Waals surface area contributed by atoms with Gasteiger partial charge in [0.15, 0.2) is 0 Å². The number of carbonyl (C=O) groups excluding carboxylic acids is 1. The van der Waals surface area contributed by atoms with Crippen molar-refractivity contribution in [3.63, 3.8) is 0 Å². The van der Waals surface area contributed by atoms with E-state index in [1.54, 1.807) is 4.90 Å². The SMILES string of the molecule is C=C1CC2CC[C@H]1C(C(=O)N1CCC3(CC1)CN(c1c(C(F)(F)F)cnc4sc(CC(F)(F)F)cc14)C3)N2. The Bertz CT molecular complexity index is 1270. The van der Waals surface area contributed by atoms with Gasteiger partial charge < -0.3 is 15.1 Å². The molecule has 6 heterocycles. The predicted molar refractivity (Wildman–Crippen MR) is 132 cm³/mol. The van der Waals surface area contributed by atoms with E-state index in [1.807, 2.05) is 4.90 Å². The van der Waals surface area contributed by atoms with Gasteiger partial charge >= 0.3 is 12.4 Å². The lowest BCUT2D eigenvalue weighted by molar-refractivity contribution is -0.139. The molecule has 0 aromatic carbocycles. The molecule has 12 heteroatoms. The number of likely N-dealkylation sites (tertiary alicyclic amines) is 1. The monoisotopic (exact) mass is 558 g/mol. The second-order valence-corrected chi connectivity index (χ2v) is 12.4. The van der Waals surface area contributed by atoms with Crippen LogP contribution in [-0.4, -0.2) is 60.2 Å². The van der Waals surface area contributed by atoms with Crippen molar-refractivity contribution in [2.75, 3.05) is 31.1 Å². The standard InChI is InChI=1S/C26H28F6N4OS/c1-14-8-15-2-3-17(14)20(34-15)23(37)35-6-4-24(5-7-35)12-36(13-24)21-18-9-16(10-25(27,28)29)38-22(18)33-11-19(21)26(30,31)32/h9,11,15,17,20,34H,1-8,10,12-13H2/t15?,17-,20?/m1/s1. The van der Waals surface area contributed by atoms with Gasteiger partial charge in [0.25, 0.3) is 0 Å². The van der Waals surface area contributed by atoms with Gasteiger partial charge in [-0.25, -0.2) is 4.98 Å². The van der Waals surface area contributed by atoms with Crippen LogP contribution < -0.4 is 10.2 Å². The summed E-state index contributed by atoms with van der Waals surface area (Å²) in [6.45, 7) is 5.98. The second kappa shape index (κ2) is 8.84. The van der Waals surface area contributed by atoms with Gasteiger partial charge in [-0.3, -0.25) is 4.79 Å². The lowest BCUT2D eigenvalue weighted by Crippen LogP contribution is -2.64. The summed E-state index contributed by atoms with van der Waals surface area (Å²) in [6, 6.07) is 1.26. The molecule has 4 aliphatic heterocycles. The molecule has 5 aliphatic rings. The molecule has 5 fully saturated rings. The Labute approximate surface area is 219 Å². The summed E-state index contributed by atoms with van der Waals surface area (Å²) in [6.07, 6.45) is -5.32. The molecule has 1 N–H and O–H groups in total. The number of aromatic nitrogens is 1. The van der Waals surface area contributed by atoms with Crippen LogP contribution in [0.4, 0.5) is 32.0 Å². The number of thiophene rings is 1. The molecule has 5 nitrogen and oxygen atoms in total. The zero-order chi connectivity index (χ0) is 27.0. The van der Waals surface area contributed by atoms with Gasteiger partial charge in [-0.15, -0.1) is 11.3 Å².